The first-order valence-electron chi connectivity index (χ1n) is 5.68. The minimum Gasteiger partial charge on any atom is -0.383 e. The van der Waals surface area contributed by atoms with Crippen molar-refractivity contribution in [3.63, 3.8) is 0 Å². The maximum absolute atomic E-state index is 4.97. The van der Waals surface area contributed by atoms with Crippen molar-refractivity contribution in [2.24, 2.45) is 0 Å². The fourth-order valence-electron chi connectivity index (χ4n) is 1.59. The van der Waals surface area contributed by atoms with Crippen LogP contribution in [0.25, 0.3) is 5.69 Å². The van der Waals surface area contributed by atoms with Gasteiger partial charge in [0, 0.05) is 32.1 Å². The summed E-state index contributed by atoms with van der Waals surface area (Å²) in [5.41, 5.74) is 2.16. The van der Waals surface area contributed by atoms with Gasteiger partial charge in [-0.1, -0.05) is 18.2 Å². The molecule has 0 atom stereocenters. The van der Waals surface area contributed by atoms with Gasteiger partial charge in [0.05, 0.1) is 18.6 Å². The molecule has 4 heteroatoms. The maximum Gasteiger partial charge on any atom is 0.0995 e. The Labute approximate surface area is 101 Å². The summed E-state index contributed by atoms with van der Waals surface area (Å²) in [5.74, 6) is 0. The molecule has 4 nitrogen and oxygen atoms in total. The lowest BCUT2D eigenvalue weighted by Gasteiger charge is -2.01. The molecule has 0 saturated heterocycles. The lowest BCUT2D eigenvalue weighted by molar-refractivity contribution is 0.199. The molecule has 0 aliphatic carbocycles. The van der Waals surface area contributed by atoms with Gasteiger partial charge >= 0.3 is 0 Å². The lowest BCUT2D eigenvalue weighted by atomic mass is 10.3. The second-order valence-corrected chi connectivity index (χ2v) is 3.78. The zero-order valence-corrected chi connectivity index (χ0v) is 9.97. The quantitative estimate of drug-likeness (QED) is 0.768. The number of methoxy groups -OCH3 is 1. The van der Waals surface area contributed by atoms with E-state index in [0.717, 1.165) is 31.1 Å². The SMILES string of the molecule is COCCNCc1cn(-c2ccccc2)cn1. The highest BCUT2D eigenvalue weighted by molar-refractivity contribution is 5.31. The fourth-order valence-corrected chi connectivity index (χ4v) is 1.59. The van der Waals surface area contributed by atoms with Gasteiger partial charge in [0.25, 0.3) is 0 Å². The molecule has 0 aliphatic rings. The predicted octanol–water partition coefficient (Wildman–Crippen LogP) is 1.61. The number of hydrogen-bond acceptors (Lipinski definition) is 3. The number of para-hydroxylation sites is 1. The Bertz CT molecular complexity index is 439. The Morgan fingerprint density at radius 1 is 1.29 bits per heavy atom. The van der Waals surface area contributed by atoms with Gasteiger partial charge in [-0.3, -0.25) is 0 Å². The molecule has 0 bridgehead atoms. The molecule has 1 aromatic heterocycles. The van der Waals surface area contributed by atoms with E-state index in [9.17, 15) is 0 Å². The summed E-state index contributed by atoms with van der Waals surface area (Å²) in [5, 5.41) is 3.27. The zero-order valence-electron chi connectivity index (χ0n) is 9.97. The number of ether oxygens (including phenoxy) is 1. The van der Waals surface area contributed by atoms with E-state index in [2.05, 4.69) is 22.4 Å². The summed E-state index contributed by atoms with van der Waals surface area (Å²) in [6.45, 7) is 2.33. The van der Waals surface area contributed by atoms with Crippen LogP contribution >= 0.6 is 0 Å². The smallest absolute Gasteiger partial charge is 0.0995 e. The fraction of sp³-hybridized carbons (Fsp3) is 0.308. The van der Waals surface area contributed by atoms with Gasteiger partial charge in [-0.05, 0) is 12.1 Å². The first kappa shape index (κ1) is 11.8. The van der Waals surface area contributed by atoms with E-state index in [1.54, 1.807) is 7.11 Å². The molecule has 2 rings (SSSR count). The summed E-state index contributed by atoms with van der Waals surface area (Å²) in [4.78, 5) is 4.35. The third-order valence-electron chi connectivity index (χ3n) is 2.48. The van der Waals surface area contributed by atoms with Crippen LogP contribution in [0.5, 0.6) is 0 Å². The second-order valence-electron chi connectivity index (χ2n) is 3.78. The van der Waals surface area contributed by atoms with E-state index in [-0.39, 0.29) is 0 Å². The van der Waals surface area contributed by atoms with Crippen LogP contribution in [-0.4, -0.2) is 29.8 Å². The van der Waals surface area contributed by atoms with Crippen LogP contribution in [-0.2, 0) is 11.3 Å². The Morgan fingerprint density at radius 2 is 2.12 bits per heavy atom. The Balaban J connectivity index is 1.92. The Hall–Kier alpha value is -1.65. The minimum absolute atomic E-state index is 0.722. The second kappa shape index (κ2) is 6.18. The molecule has 0 fully saturated rings. The summed E-state index contributed by atoms with van der Waals surface area (Å²) >= 11 is 0. The van der Waals surface area contributed by atoms with Crippen molar-refractivity contribution in [2.45, 2.75) is 6.54 Å². The van der Waals surface area contributed by atoms with Gasteiger partial charge in [0.15, 0.2) is 0 Å². The number of imidazole rings is 1. The average Bonchev–Trinajstić information content (AvgIpc) is 2.85. The molecule has 90 valence electrons. The monoisotopic (exact) mass is 231 g/mol. The molecule has 0 saturated carbocycles. The van der Waals surface area contributed by atoms with Crippen molar-refractivity contribution in [3.05, 3.63) is 48.5 Å². The first-order chi connectivity index (χ1) is 8.40. The van der Waals surface area contributed by atoms with Crippen molar-refractivity contribution in [3.8, 4) is 5.69 Å². The average molecular weight is 231 g/mol. The number of aromatic nitrogens is 2. The molecule has 1 N–H and O–H groups in total. The molecule has 0 aliphatic heterocycles. The standard InChI is InChI=1S/C13H17N3O/c1-17-8-7-14-9-12-10-16(11-15-12)13-5-3-2-4-6-13/h2-6,10-11,14H,7-9H2,1H3. The molecule has 1 aromatic carbocycles. The van der Waals surface area contributed by atoms with E-state index < -0.39 is 0 Å². The van der Waals surface area contributed by atoms with Crippen LogP contribution in [0, 0.1) is 0 Å². The molecular weight excluding hydrogens is 214 g/mol. The van der Waals surface area contributed by atoms with Gasteiger partial charge in [-0.25, -0.2) is 4.98 Å². The van der Waals surface area contributed by atoms with Crippen LogP contribution in [0.2, 0.25) is 0 Å². The first-order valence-corrected chi connectivity index (χ1v) is 5.68. The maximum atomic E-state index is 4.97. The van der Waals surface area contributed by atoms with Crippen molar-refractivity contribution in [1.29, 1.82) is 0 Å². The Kier molecular flexibility index (Phi) is 4.30. The van der Waals surface area contributed by atoms with E-state index in [0.29, 0.717) is 0 Å². The summed E-state index contributed by atoms with van der Waals surface area (Å²) in [6, 6.07) is 10.2. The highest BCUT2D eigenvalue weighted by atomic mass is 16.5. The zero-order chi connectivity index (χ0) is 11.9. The number of nitrogens with one attached hydrogen (secondary N) is 1. The molecule has 0 spiro atoms. The van der Waals surface area contributed by atoms with Gasteiger partial charge in [-0.2, -0.15) is 0 Å². The highest BCUT2D eigenvalue weighted by Gasteiger charge is 1.99. The molecular formula is C13H17N3O. The topological polar surface area (TPSA) is 39.1 Å². The summed E-state index contributed by atoms with van der Waals surface area (Å²) < 4.78 is 6.99. The number of hydrogen-bond donors (Lipinski definition) is 1. The Morgan fingerprint density at radius 3 is 2.88 bits per heavy atom. The van der Waals surface area contributed by atoms with Crippen LogP contribution < -0.4 is 5.32 Å². The van der Waals surface area contributed by atoms with Gasteiger partial charge in [-0.15, -0.1) is 0 Å². The number of nitrogens with zero attached hydrogens (tertiary/aromatic N) is 2. The molecule has 0 radical (unpaired) electrons. The van der Waals surface area contributed by atoms with Crippen LogP contribution in [0.1, 0.15) is 5.69 Å². The van der Waals surface area contributed by atoms with Crippen molar-refractivity contribution in [1.82, 2.24) is 14.9 Å². The number of benzene rings is 1. The van der Waals surface area contributed by atoms with E-state index in [1.165, 1.54) is 0 Å². The third kappa shape index (κ3) is 3.41. The third-order valence-corrected chi connectivity index (χ3v) is 2.48. The molecule has 2 aromatic rings. The van der Waals surface area contributed by atoms with Gasteiger partial charge in [0.2, 0.25) is 0 Å². The number of rotatable bonds is 6. The van der Waals surface area contributed by atoms with Crippen molar-refractivity contribution >= 4 is 0 Å². The van der Waals surface area contributed by atoms with Crippen molar-refractivity contribution < 1.29 is 4.74 Å². The molecule has 1 heterocycles. The minimum atomic E-state index is 0.722. The van der Waals surface area contributed by atoms with Crippen LogP contribution in [0.3, 0.4) is 0 Å². The summed E-state index contributed by atoms with van der Waals surface area (Å²) in [6.07, 6.45) is 3.87. The van der Waals surface area contributed by atoms with E-state index in [1.807, 2.05) is 35.3 Å². The van der Waals surface area contributed by atoms with E-state index >= 15 is 0 Å². The lowest BCUT2D eigenvalue weighted by Crippen LogP contribution is -2.18. The highest BCUT2D eigenvalue weighted by Crippen LogP contribution is 2.07. The van der Waals surface area contributed by atoms with Crippen LogP contribution in [0.15, 0.2) is 42.9 Å². The van der Waals surface area contributed by atoms with Crippen LogP contribution in [0.4, 0.5) is 0 Å². The largest absolute Gasteiger partial charge is 0.383 e. The molecule has 0 unspecified atom stereocenters. The van der Waals surface area contributed by atoms with Gasteiger partial charge < -0.3 is 14.6 Å². The predicted molar refractivity (Wildman–Crippen MR) is 67.1 cm³/mol. The van der Waals surface area contributed by atoms with Gasteiger partial charge in [0.1, 0.15) is 0 Å². The summed E-state index contributed by atoms with van der Waals surface area (Å²) in [7, 11) is 1.70. The normalized spacial score (nSPS) is 10.6. The molecule has 0 amide bonds. The van der Waals surface area contributed by atoms with Crippen molar-refractivity contribution in [2.75, 3.05) is 20.3 Å². The molecule has 17 heavy (non-hydrogen) atoms. The van der Waals surface area contributed by atoms with E-state index in [4.69, 9.17) is 4.74 Å².